The monoisotopic (exact) mass is 269 g/mol. The van der Waals surface area contributed by atoms with Crippen molar-refractivity contribution in [2.24, 2.45) is 0 Å². The van der Waals surface area contributed by atoms with Gasteiger partial charge < -0.3 is 9.64 Å². The molecule has 2 aromatic rings. The minimum Gasteiger partial charge on any atom is -0.484 e. The van der Waals surface area contributed by atoms with Crippen LogP contribution in [0, 0.1) is 6.92 Å². The van der Waals surface area contributed by atoms with E-state index in [0.29, 0.717) is 12.3 Å². The second kappa shape index (κ2) is 6.75. The molecule has 0 aliphatic rings. The van der Waals surface area contributed by atoms with E-state index in [1.807, 2.05) is 61.5 Å². The first-order valence-corrected chi connectivity index (χ1v) is 6.62. The lowest BCUT2D eigenvalue weighted by Gasteiger charge is -2.17. The van der Waals surface area contributed by atoms with E-state index in [2.05, 4.69) is 0 Å². The maximum atomic E-state index is 12.0. The number of rotatable bonds is 5. The van der Waals surface area contributed by atoms with Crippen LogP contribution in [0.4, 0.5) is 0 Å². The molecule has 0 unspecified atom stereocenters. The number of nitrogens with zero attached hydrogens (tertiary/aromatic N) is 1. The molecule has 3 nitrogen and oxygen atoms in total. The molecule has 0 bridgehead atoms. The molecule has 0 saturated carbocycles. The predicted octanol–water partition coefficient (Wildman–Crippen LogP) is 3.03. The van der Waals surface area contributed by atoms with E-state index in [0.717, 1.165) is 5.56 Å². The molecule has 0 heterocycles. The van der Waals surface area contributed by atoms with E-state index in [1.54, 1.807) is 11.9 Å². The fraction of sp³-hybridized carbons (Fsp3) is 0.235. The molecule has 0 saturated heterocycles. The Balaban J connectivity index is 1.84. The second-order valence-electron chi connectivity index (χ2n) is 4.84. The van der Waals surface area contributed by atoms with Gasteiger partial charge in [0.1, 0.15) is 5.75 Å². The van der Waals surface area contributed by atoms with Crippen molar-refractivity contribution in [2.45, 2.75) is 13.5 Å². The van der Waals surface area contributed by atoms with Crippen LogP contribution in [0.15, 0.2) is 54.6 Å². The smallest absolute Gasteiger partial charge is 0.260 e. The van der Waals surface area contributed by atoms with Crippen molar-refractivity contribution in [3.63, 3.8) is 0 Å². The molecule has 0 aliphatic heterocycles. The van der Waals surface area contributed by atoms with Gasteiger partial charge in [0.2, 0.25) is 0 Å². The topological polar surface area (TPSA) is 29.5 Å². The quantitative estimate of drug-likeness (QED) is 0.835. The molecule has 0 spiro atoms. The lowest BCUT2D eigenvalue weighted by molar-refractivity contribution is -0.132. The fourth-order valence-electron chi connectivity index (χ4n) is 1.83. The number of hydrogen-bond donors (Lipinski definition) is 0. The summed E-state index contributed by atoms with van der Waals surface area (Å²) in [6.45, 7) is 2.70. The average Bonchev–Trinajstić information content (AvgIpc) is 2.48. The van der Waals surface area contributed by atoms with Crippen LogP contribution in [0.25, 0.3) is 0 Å². The highest BCUT2D eigenvalue weighted by atomic mass is 16.5. The molecule has 2 rings (SSSR count). The molecular formula is C17H19NO2. The van der Waals surface area contributed by atoms with Crippen LogP contribution in [0.2, 0.25) is 0 Å². The number of amides is 1. The van der Waals surface area contributed by atoms with Gasteiger partial charge >= 0.3 is 0 Å². The lowest BCUT2D eigenvalue weighted by Crippen LogP contribution is -2.30. The minimum absolute atomic E-state index is 0.0329. The Hall–Kier alpha value is -2.29. The van der Waals surface area contributed by atoms with Gasteiger partial charge in [0, 0.05) is 13.6 Å². The largest absolute Gasteiger partial charge is 0.484 e. The van der Waals surface area contributed by atoms with Gasteiger partial charge in [-0.2, -0.15) is 0 Å². The number of benzene rings is 2. The normalized spacial score (nSPS) is 10.1. The Kier molecular flexibility index (Phi) is 4.77. The summed E-state index contributed by atoms with van der Waals surface area (Å²) in [5, 5.41) is 0. The Bertz CT molecular complexity index is 549. The minimum atomic E-state index is -0.0329. The zero-order valence-corrected chi connectivity index (χ0v) is 11.9. The number of hydrogen-bond acceptors (Lipinski definition) is 2. The predicted molar refractivity (Wildman–Crippen MR) is 79.6 cm³/mol. The first-order chi connectivity index (χ1) is 9.65. The van der Waals surface area contributed by atoms with Gasteiger partial charge in [0.25, 0.3) is 5.91 Å². The Morgan fingerprint density at radius 1 is 1.05 bits per heavy atom. The van der Waals surface area contributed by atoms with Crippen LogP contribution in [0.1, 0.15) is 11.1 Å². The molecule has 0 aliphatic carbocycles. The van der Waals surface area contributed by atoms with E-state index in [1.165, 1.54) is 5.56 Å². The van der Waals surface area contributed by atoms with E-state index in [9.17, 15) is 4.79 Å². The van der Waals surface area contributed by atoms with Crippen LogP contribution in [0.3, 0.4) is 0 Å². The van der Waals surface area contributed by atoms with E-state index < -0.39 is 0 Å². The summed E-state index contributed by atoms with van der Waals surface area (Å²) >= 11 is 0. The van der Waals surface area contributed by atoms with Crippen LogP contribution in [-0.4, -0.2) is 24.5 Å². The van der Waals surface area contributed by atoms with Gasteiger partial charge in [-0.15, -0.1) is 0 Å². The van der Waals surface area contributed by atoms with Crippen LogP contribution in [0.5, 0.6) is 5.75 Å². The Morgan fingerprint density at radius 2 is 1.70 bits per heavy atom. The first kappa shape index (κ1) is 14.1. The van der Waals surface area contributed by atoms with Crippen molar-refractivity contribution < 1.29 is 9.53 Å². The molecule has 0 atom stereocenters. The molecule has 0 N–H and O–H groups in total. The molecule has 104 valence electrons. The molecule has 0 fully saturated rings. The zero-order chi connectivity index (χ0) is 14.4. The Morgan fingerprint density at radius 3 is 2.35 bits per heavy atom. The maximum Gasteiger partial charge on any atom is 0.260 e. The summed E-state index contributed by atoms with van der Waals surface area (Å²) in [6.07, 6.45) is 0. The number of carbonyl (C=O) groups is 1. The summed E-state index contributed by atoms with van der Waals surface area (Å²) in [5.41, 5.74) is 2.33. The number of likely N-dealkylation sites (N-methyl/N-ethyl adjacent to an activating group) is 1. The summed E-state index contributed by atoms with van der Waals surface area (Å²) in [6, 6.07) is 17.5. The van der Waals surface area contributed by atoms with Crippen LogP contribution < -0.4 is 4.74 Å². The highest BCUT2D eigenvalue weighted by molar-refractivity contribution is 5.77. The molecule has 1 amide bonds. The number of para-hydroxylation sites is 1. The van der Waals surface area contributed by atoms with Crippen molar-refractivity contribution in [2.75, 3.05) is 13.7 Å². The van der Waals surface area contributed by atoms with Crippen molar-refractivity contribution in [1.29, 1.82) is 0 Å². The Labute approximate surface area is 119 Å². The maximum absolute atomic E-state index is 12.0. The van der Waals surface area contributed by atoms with Gasteiger partial charge in [-0.05, 0) is 24.6 Å². The first-order valence-electron chi connectivity index (χ1n) is 6.62. The lowest BCUT2D eigenvalue weighted by atomic mass is 10.1. The highest BCUT2D eigenvalue weighted by Crippen LogP contribution is 2.09. The van der Waals surface area contributed by atoms with Crippen molar-refractivity contribution in [3.05, 3.63) is 65.7 Å². The fourth-order valence-corrected chi connectivity index (χ4v) is 1.83. The van der Waals surface area contributed by atoms with Crippen LogP contribution >= 0.6 is 0 Å². The summed E-state index contributed by atoms with van der Waals surface area (Å²) in [5.74, 6) is 0.680. The van der Waals surface area contributed by atoms with Gasteiger partial charge in [0.15, 0.2) is 6.61 Å². The second-order valence-corrected chi connectivity index (χ2v) is 4.84. The average molecular weight is 269 g/mol. The summed E-state index contributed by atoms with van der Waals surface area (Å²) < 4.78 is 5.45. The molecule has 20 heavy (non-hydrogen) atoms. The third kappa shape index (κ3) is 4.12. The van der Waals surface area contributed by atoms with Gasteiger partial charge in [-0.1, -0.05) is 48.0 Å². The standard InChI is InChI=1S/C17H19NO2/c1-14-8-10-15(11-9-14)12-18(2)17(19)13-20-16-6-4-3-5-7-16/h3-11H,12-13H2,1-2H3. The van der Waals surface area contributed by atoms with Gasteiger partial charge in [-0.25, -0.2) is 0 Å². The van der Waals surface area contributed by atoms with Crippen molar-refractivity contribution in [3.8, 4) is 5.75 Å². The van der Waals surface area contributed by atoms with Crippen molar-refractivity contribution in [1.82, 2.24) is 4.90 Å². The van der Waals surface area contributed by atoms with Gasteiger partial charge in [0.05, 0.1) is 0 Å². The van der Waals surface area contributed by atoms with Gasteiger partial charge in [-0.3, -0.25) is 4.79 Å². The van der Waals surface area contributed by atoms with E-state index in [-0.39, 0.29) is 12.5 Å². The molecular weight excluding hydrogens is 250 g/mol. The third-order valence-electron chi connectivity index (χ3n) is 3.07. The van der Waals surface area contributed by atoms with Crippen molar-refractivity contribution >= 4 is 5.91 Å². The molecule has 2 aromatic carbocycles. The molecule has 0 aromatic heterocycles. The molecule has 3 heteroatoms. The number of carbonyl (C=O) groups excluding carboxylic acids is 1. The summed E-state index contributed by atoms with van der Waals surface area (Å²) in [4.78, 5) is 13.7. The van der Waals surface area contributed by atoms with E-state index >= 15 is 0 Å². The third-order valence-corrected chi connectivity index (χ3v) is 3.07. The number of aryl methyl sites for hydroxylation is 1. The summed E-state index contributed by atoms with van der Waals surface area (Å²) in [7, 11) is 1.79. The highest BCUT2D eigenvalue weighted by Gasteiger charge is 2.10. The van der Waals surface area contributed by atoms with Crippen LogP contribution in [-0.2, 0) is 11.3 Å². The SMILES string of the molecule is Cc1ccc(CN(C)C(=O)COc2ccccc2)cc1. The number of ether oxygens (including phenoxy) is 1. The molecule has 0 radical (unpaired) electrons. The zero-order valence-electron chi connectivity index (χ0n) is 11.9. The van der Waals surface area contributed by atoms with E-state index in [4.69, 9.17) is 4.74 Å².